The lowest BCUT2D eigenvalue weighted by Gasteiger charge is -2.01. The third-order valence-electron chi connectivity index (χ3n) is 4.04. The Labute approximate surface area is 148 Å². The Bertz CT molecular complexity index is 1110. The van der Waals surface area contributed by atoms with Gasteiger partial charge in [-0.3, -0.25) is 10.1 Å². The maximum Gasteiger partial charge on any atom is 0.363 e. The van der Waals surface area contributed by atoms with Gasteiger partial charge in [-0.2, -0.15) is 0 Å². The second-order valence-corrected chi connectivity index (χ2v) is 5.71. The van der Waals surface area contributed by atoms with E-state index < -0.39 is 10.9 Å². The number of nitro benzene ring substituents is 1. The maximum absolute atomic E-state index is 12.2. The standard InChI is InChI=1S/C20H12N2O4/c23-20-18(12-14-7-3-6-13-5-1-2-10-17(13)14)21-19(26-20)15-8-4-9-16(11-15)22(24)25/h1-12H. The zero-order valence-corrected chi connectivity index (χ0v) is 13.5. The molecule has 0 N–H and O–H groups in total. The van der Waals surface area contributed by atoms with Gasteiger partial charge in [-0.05, 0) is 28.5 Å². The third-order valence-corrected chi connectivity index (χ3v) is 4.04. The fourth-order valence-corrected chi connectivity index (χ4v) is 2.81. The van der Waals surface area contributed by atoms with Crippen molar-refractivity contribution in [2.75, 3.05) is 0 Å². The molecule has 3 aromatic rings. The predicted molar refractivity (Wildman–Crippen MR) is 97.7 cm³/mol. The zero-order valence-electron chi connectivity index (χ0n) is 13.5. The molecule has 3 aromatic carbocycles. The average Bonchev–Trinajstić information content (AvgIpc) is 3.03. The Morgan fingerprint density at radius 1 is 1.00 bits per heavy atom. The first-order valence-electron chi connectivity index (χ1n) is 7.87. The number of esters is 1. The minimum absolute atomic E-state index is 0.0604. The number of nitrogens with zero attached hydrogens (tertiary/aromatic N) is 2. The average molecular weight is 344 g/mol. The molecule has 1 aliphatic rings. The summed E-state index contributed by atoms with van der Waals surface area (Å²) in [7, 11) is 0. The van der Waals surface area contributed by atoms with E-state index in [-0.39, 0.29) is 17.3 Å². The Hall–Kier alpha value is -3.80. The summed E-state index contributed by atoms with van der Waals surface area (Å²) in [5.74, 6) is -0.523. The van der Waals surface area contributed by atoms with Crippen LogP contribution in [0.15, 0.2) is 77.4 Å². The van der Waals surface area contributed by atoms with E-state index in [0.29, 0.717) is 5.56 Å². The van der Waals surface area contributed by atoms with E-state index in [4.69, 9.17) is 4.74 Å². The lowest BCUT2D eigenvalue weighted by atomic mass is 10.0. The van der Waals surface area contributed by atoms with Crippen LogP contribution >= 0.6 is 0 Å². The molecule has 6 heteroatoms. The van der Waals surface area contributed by atoms with Gasteiger partial charge in [-0.25, -0.2) is 9.79 Å². The molecule has 0 aliphatic carbocycles. The molecule has 0 saturated heterocycles. The minimum atomic E-state index is -0.584. The number of aliphatic imine (C=N–C) groups is 1. The molecule has 0 bridgehead atoms. The van der Waals surface area contributed by atoms with Crippen molar-refractivity contribution in [3.8, 4) is 0 Å². The molecular formula is C20H12N2O4. The fraction of sp³-hybridized carbons (Fsp3) is 0. The zero-order chi connectivity index (χ0) is 18.1. The molecule has 0 unspecified atom stereocenters. The molecule has 0 saturated carbocycles. The van der Waals surface area contributed by atoms with Crippen LogP contribution in [0.5, 0.6) is 0 Å². The monoisotopic (exact) mass is 344 g/mol. The highest BCUT2D eigenvalue weighted by atomic mass is 16.6. The van der Waals surface area contributed by atoms with Crippen molar-refractivity contribution < 1.29 is 14.5 Å². The van der Waals surface area contributed by atoms with E-state index in [1.807, 2.05) is 42.5 Å². The van der Waals surface area contributed by atoms with E-state index in [2.05, 4.69) is 4.99 Å². The van der Waals surface area contributed by atoms with Crippen molar-refractivity contribution >= 4 is 34.4 Å². The number of carbonyl (C=O) groups excluding carboxylic acids is 1. The molecule has 6 nitrogen and oxygen atoms in total. The van der Waals surface area contributed by atoms with Gasteiger partial charge in [-0.15, -0.1) is 0 Å². The molecule has 126 valence electrons. The molecule has 26 heavy (non-hydrogen) atoms. The van der Waals surface area contributed by atoms with Gasteiger partial charge < -0.3 is 4.74 Å². The van der Waals surface area contributed by atoms with E-state index in [9.17, 15) is 14.9 Å². The van der Waals surface area contributed by atoms with Crippen molar-refractivity contribution in [1.82, 2.24) is 0 Å². The van der Waals surface area contributed by atoms with Gasteiger partial charge in [0.2, 0.25) is 5.90 Å². The normalized spacial score (nSPS) is 15.2. The summed E-state index contributed by atoms with van der Waals surface area (Å²) in [6.07, 6.45) is 1.66. The predicted octanol–water partition coefficient (Wildman–Crippen LogP) is 4.09. The van der Waals surface area contributed by atoms with Crippen LogP contribution in [0.4, 0.5) is 5.69 Å². The molecule has 0 spiro atoms. The number of hydrogen-bond acceptors (Lipinski definition) is 5. The van der Waals surface area contributed by atoms with Gasteiger partial charge in [-0.1, -0.05) is 48.5 Å². The fourth-order valence-electron chi connectivity index (χ4n) is 2.81. The number of carbonyl (C=O) groups is 1. The van der Waals surface area contributed by atoms with Crippen LogP contribution in [0, 0.1) is 10.1 Å². The number of nitro groups is 1. The Kier molecular flexibility index (Phi) is 3.78. The molecule has 0 radical (unpaired) electrons. The number of fused-ring (bicyclic) bond motifs is 1. The SMILES string of the molecule is O=C1OC(c2cccc([N+](=O)[O-])c2)=NC1=Cc1cccc2ccccc12. The highest BCUT2D eigenvalue weighted by Crippen LogP contribution is 2.25. The number of benzene rings is 3. The van der Waals surface area contributed by atoms with Crippen molar-refractivity contribution in [2.24, 2.45) is 4.99 Å². The van der Waals surface area contributed by atoms with Crippen molar-refractivity contribution in [3.63, 3.8) is 0 Å². The van der Waals surface area contributed by atoms with Crippen LogP contribution in [-0.2, 0) is 9.53 Å². The maximum atomic E-state index is 12.2. The smallest absolute Gasteiger partial charge is 0.363 e. The molecular weight excluding hydrogens is 332 g/mol. The number of ether oxygens (including phenoxy) is 1. The summed E-state index contributed by atoms with van der Waals surface area (Å²) in [6.45, 7) is 0. The molecule has 0 amide bonds. The van der Waals surface area contributed by atoms with Gasteiger partial charge in [0, 0.05) is 17.7 Å². The van der Waals surface area contributed by atoms with Crippen LogP contribution in [0.3, 0.4) is 0 Å². The summed E-state index contributed by atoms with van der Waals surface area (Å²) in [4.78, 5) is 26.8. The van der Waals surface area contributed by atoms with Crippen LogP contribution in [-0.4, -0.2) is 16.8 Å². The molecule has 0 atom stereocenters. The van der Waals surface area contributed by atoms with E-state index in [1.165, 1.54) is 18.2 Å². The van der Waals surface area contributed by atoms with E-state index >= 15 is 0 Å². The second-order valence-electron chi connectivity index (χ2n) is 5.71. The molecule has 1 heterocycles. The van der Waals surface area contributed by atoms with Crippen molar-refractivity contribution in [1.29, 1.82) is 0 Å². The van der Waals surface area contributed by atoms with Crippen LogP contribution < -0.4 is 0 Å². The largest absolute Gasteiger partial charge is 0.402 e. The van der Waals surface area contributed by atoms with Gasteiger partial charge in [0.25, 0.3) is 5.69 Å². The molecule has 4 rings (SSSR count). The lowest BCUT2D eigenvalue weighted by Crippen LogP contribution is -2.05. The first-order valence-corrected chi connectivity index (χ1v) is 7.87. The number of non-ortho nitro benzene ring substituents is 1. The summed E-state index contributed by atoms with van der Waals surface area (Å²) < 4.78 is 5.20. The minimum Gasteiger partial charge on any atom is -0.402 e. The van der Waals surface area contributed by atoms with Crippen LogP contribution in [0.1, 0.15) is 11.1 Å². The van der Waals surface area contributed by atoms with Crippen LogP contribution in [0.25, 0.3) is 16.8 Å². The summed E-state index contributed by atoms with van der Waals surface area (Å²) in [6, 6.07) is 19.4. The van der Waals surface area contributed by atoms with Crippen LogP contribution in [0.2, 0.25) is 0 Å². The van der Waals surface area contributed by atoms with Gasteiger partial charge in [0.1, 0.15) is 0 Å². The van der Waals surface area contributed by atoms with E-state index in [0.717, 1.165) is 16.3 Å². The number of hydrogen-bond donors (Lipinski definition) is 0. The molecule has 1 aliphatic heterocycles. The summed E-state index contributed by atoms with van der Waals surface area (Å²) in [5.41, 5.74) is 1.29. The third kappa shape index (κ3) is 2.84. The molecule has 0 aromatic heterocycles. The highest BCUT2D eigenvalue weighted by molar-refractivity contribution is 6.13. The first-order chi connectivity index (χ1) is 12.6. The van der Waals surface area contributed by atoms with Gasteiger partial charge in [0.15, 0.2) is 5.70 Å². The van der Waals surface area contributed by atoms with E-state index in [1.54, 1.807) is 12.1 Å². The number of rotatable bonds is 3. The van der Waals surface area contributed by atoms with Gasteiger partial charge in [0.05, 0.1) is 4.92 Å². The lowest BCUT2D eigenvalue weighted by molar-refractivity contribution is -0.384. The first kappa shape index (κ1) is 15.7. The molecule has 0 fully saturated rings. The Morgan fingerprint density at radius 2 is 1.77 bits per heavy atom. The summed E-state index contributed by atoms with van der Waals surface area (Å²) in [5, 5.41) is 13.0. The Morgan fingerprint density at radius 3 is 2.62 bits per heavy atom. The Balaban J connectivity index is 1.76. The highest BCUT2D eigenvalue weighted by Gasteiger charge is 2.25. The summed E-state index contributed by atoms with van der Waals surface area (Å²) >= 11 is 0. The van der Waals surface area contributed by atoms with Crippen molar-refractivity contribution in [3.05, 3.63) is 93.7 Å². The van der Waals surface area contributed by atoms with Gasteiger partial charge >= 0.3 is 5.97 Å². The topological polar surface area (TPSA) is 81.8 Å². The quantitative estimate of drug-likeness (QED) is 0.310. The van der Waals surface area contributed by atoms with Crippen molar-refractivity contribution in [2.45, 2.75) is 0 Å². The number of cyclic esters (lactones) is 1. The second kappa shape index (κ2) is 6.25.